The third-order valence-electron chi connectivity index (χ3n) is 3.01. The second-order valence-corrected chi connectivity index (χ2v) is 7.14. The van der Waals surface area contributed by atoms with Gasteiger partial charge in [-0.1, -0.05) is 42.8 Å². The number of nitrogens with zero attached hydrogens (tertiary/aromatic N) is 1. The second kappa shape index (κ2) is 4.71. The summed E-state index contributed by atoms with van der Waals surface area (Å²) in [5.74, 6) is 0. The zero-order chi connectivity index (χ0) is 13.5. The minimum absolute atomic E-state index is 0.0647. The van der Waals surface area contributed by atoms with E-state index >= 15 is 0 Å². The van der Waals surface area contributed by atoms with E-state index in [9.17, 15) is 0 Å². The van der Waals surface area contributed by atoms with E-state index in [1.807, 2.05) is 6.92 Å². The van der Waals surface area contributed by atoms with Crippen molar-refractivity contribution in [3.05, 3.63) is 34.4 Å². The molecule has 1 atom stereocenters. The minimum Gasteiger partial charge on any atom is -0.347 e. The van der Waals surface area contributed by atoms with Gasteiger partial charge in [0.25, 0.3) is 0 Å². The number of aromatic nitrogens is 1. The van der Waals surface area contributed by atoms with Gasteiger partial charge in [0, 0.05) is 34.2 Å². The van der Waals surface area contributed by atoms with Gasteiger partial charge in [0.15, 0.2) is 0 Å². The van der Waals surface area contributed by atoms with Crippen molar-refractivity contribution in [2.45, 2.75) is 40.3 Å². The largest absolute Gasteiger partial charge is 0.347 e. The first-order chi connectivity index (χ1) is 8.28. The van der Waals surface area contributed by atoms with Crippen LogP contribution in [0.2, 0.25) is 0 Å². The van der Waals surface area contributed by atoms with E-state index in [0.29, 0.717) is 0 Å². The highest BCUT2D eigenvalue weighted by molar-refractivity contribution is 9.10. The van der Waals surface area contributed by atoms with E-state index < -0.39 is 0 Å². The Labute approximate surface area is 117 Å². The quantitative estimate of drug-likeness (QED) is 0.872. The van der Waals surface area contributed by atoms with E-state index in [1.165, 1.54) is 16.5 Å². The van der Waals surface area contributed by atoms with Crippen LogP contribution in [0.1, 0.15) is 39.3 Å². The van der Waals surface area contributed by atoms with Crippen molar-refractivity contribution in [1.29, 1.82) is 0 Å². The zero-order valence-corrected chi connectivity index (χ0v) is 13.1. The number of fused-ring (bicyclic) bond motifs is 1. The Hall–Kier alpha value is -0.800. The Bertz CT molecular complexity index is 562. The van der Waals surface area contributed by atoms with Gasteiger partial charge in [0.2, 0.25) is 0 Å². The van der Waals surface area contributed by atoms with Crippen LogP contribution in [0.3, 0.4) is 0 Å². The van der Waals surface area contributed by atoms with Crippen LogP contribution >= 0.6 is 15.9 Å². The number of hydrogen-bond acceptors (Lipinski definition) is 1. The molecule has 18 heavy (non-hydrogen) atoms. The van der Waals surface area contributed by atoms with Crippen LogP contribution in [-0.2, 0) is 6.54 Å². The highest BCUT2D eigenvalue weighted by Gasteiger charge is 2.16. The normalized spacial score (nSPS) is 14.1. The number of hydrogen-bond donors (Lipinski definition) is 1. The van der Waals surface area contributed by atoms with Crippen LogP contribution in [0.15, 0.2) is 28.9 Å². The first-order valence-corrected chi connectivity index (χ1v) is 7.11. The average Bonchev–Trinajstić information content (AvgIpc) is 2.54. The van der Waals surface area contributed by atoms with Crippen LogP contribution in [-0.4, -0.2) is 4.57 Å². The molecule has 0 radical (unpaired) electrons. The zero-order valence-electron chi connectivity index (χ0n) is 11.5. The van der Waals surface area contributed by atoms with E-state index in [-0.39, 0.29) is 11.5 Å². The van der Waals surface area contributed by atoms with E-state index in [0.717, 1.165) is 11.0 Å². The summed E-state index contributed by atoms with van der Waals surface area (Å²) in [4.78, 5) is 0. The molecule has 0 spiro atoms. The Morgan fingerprint density at radius 3 is 2.56 bits per heavy atom. The Kier molecular flexibility index (Phi) is 3.56. The third kappa shape index (κ3) is 2.78. The van der Waals surface area contributed by atoms with Crippen molar-refractivity contribution in [2.24, 2.45) is 11.1 Å². The SMILES string of the molecule is C[C@@H](N)c1cn(CC(C)(C)C)c2cc(Br)ccc12. The molecule has 3 heteroatoms. The van der Waals surface area contributed by atoms with Crippen LogP contribution in [0.4, 0.5) is 0 Å². The van der Waals surface area contributed by atoms with Gasteiger partial charge in [-0.15, -0.1) is 0 Å². The summed E-state index contributed by atoms with van der Waals surface area (Å²) in [5.41, 5.74) is 8.80. The van der Waals surface area contributed by atoms with E-state index in [4.69, 9.17) is 5.73 Å². The van der Waals surface area contributed by atoms with Crippen molar-refractivity contribution in [3.8, 4) is 0 Å². The standard InChI is InChI=1S/C15H21BrN2/c1-10(17)13-8-18(9-15(2,3)4)14-7-11(16)5-6-12(13)14/h5-8,10H,9,17H2,1-4H3/t10-/m1/s1. The van der Waals surface area contributed by atoms with E-state index in [2.05, 4.69) is 65.7 Å². The van der Waals surface area contributed by atoms with Crippen molar-refractivity contribution in [3.63, 3.8) is 0 Å². The molecule has 0 unspecified atom stereocenters. The predicted molar refractivity (Wildman–Crippen MR) is 81.7 cm³/mol. The Morgan fingerprint density at radius 1 is 1.33 bits per heavy atom. The topological polar surface area (TPSA) is 30.9 Å². The lowest BCUT2D eigenvalue weighted by molar-refractivity contribution is 0.349. The van der Waals surface area contributed by atoms with Gasteiger partial charge in [-0.25, -0.2) is 0 Å². The number of rotatable bonds is 2. The van der Waals surface area contributed by atoms with Crippen LogP contribution in [0, 0.1) is 5.41 Å². The molecule has 2 aromatic rings. The summed E-state index contributed by atoms with van der Waals surface area (Å²) >= 11 is 3.55. The first-order valence-electron chi connectivity index (χ1n) is 6.32. The van der Waals surface area contributed by atoms with Gasteiger partial charge in [0.05, 0.1) is 0 Å². The summed E-state index contributed by atoms with van der Waals surface area (Å²) in [5, 5.41) is 1.26. The molecule has 1 aromatic heterocycles. The highest BCUT2D eigenvalue weighted by Crippen LogP contribution is 2.30. The molecule has 0 amide bonds. The molecule has 2 nitrogen and oxygen atoms in total. The fourth-order valence-electron chi connectivity index (χ4n) is 2.30. The van der Waals surface area contributed by atoms with Crippen LogP contribution < -0.4 is 5.73 Å². The summed E-state index contributed by atoms with van der Waals surface area (Å²) in [6.45, 7) is 9.79. The number of nitrogens with two attached hydrogens (primary N) is 1. The van der Waals surface area contributed by atoms with Gasteiger partial charge in [0.1, 0.15) is 0 Å². The lowest BCUT2D eigenvalue weighted by Gasteiger charge is -2.19. The molecule has 0 aliphatic heterocycles. The lowest BCUT2D eigenvalue weighted by Crippen LogP contribution is -2.14. The van der Waals surface area contributed by atoms with E-state index in [1.54, 1.807) is 0 Å². The van der Waals surface area contributed by atoms with Crippen LogP contribution in [0.5, 0.6) is 0 Å². The fourth-order valence-corrected chi connectivity index (χ4v) is 2.65. The maximum Gasteiger partial charge on any atom is 0.0495 e. The molecule has 2 rings (SSSR count). The molecular formula is C15H21BrN2. The van der Waals surface area contributed by atoms with Crippen molar-refractivity contribution >= 4 is 26.8 Å². The van der Waals surface area contributed by atoms with Gasteiger partial charge >= 0.3 is 0 Å². The van der Waals surface area contributed by atoms with Crippen LogP contribution in [0.25, 0.3) is 10.9 Å². The number of benzene rings is 1. The summed E-state index contributed by atoms with van der Waals surface area (Å²) in [6, 6.07) is 6.47. The smallest absolute Gasteiger partial charge is 0.0495 e. The van der Waals surface area contributed by atoms with Gasteiger partial charge in [-0.2, -0.15) is 0 Å². The molecule has 0 saturated carbocycles. The summed E-state index contributed by atoms with van der Waals surface area (Å²) in [6.07, 6.45) is 2.20. The molecule has 0 bridgehead atoms. The molecule has 0 aliphatic carbocycles. The molecule has 1 heterocycles. The first kappa shape index (κ1) is 13.6. The number of halogens is 1. The van der Waals surface area contributed by atoms with Crippen molar-refractivity contribution < 1.29 is 0 Å². The highest BCUT2D eigenvalue weighted by atomic mass is 79.9. The predicted octanol–water partition coefficient (Wildman–Crippen LogP) is 4.47. The average molecular weight is 309 g/mol. The molecule has 0 aliphatic rings. The molecule has 0 saturated heterocycles. The van der Waals surface area contributed by atoms with Crippen molar-refractivity contribution in [2.75, 3.05) is 0 Å². The Balaban J connectivity index is 2.62. The second-order valence-electron chi connectivity index (χ2n) is 6.22. The third-order valence-corrected chi connectivity index (χ3v) is 3.50. The van der Waals surface area contributed by atoms with Gasteiger partial charge in [-0.05, 0) is 30.0 Å². The Morgan fingerprint density at radius 2 is 2.00 bits per heavy atom. The van der Waals surface area contributed by atoms with Crippen molar-refractivity contribution in [1.82, 2.24) is 4.57 Å². The monoisotopic (exact) mass is 308 g/mol. The molecule has 1 aromatic carbocycles. The fraction of sp³-hybridized carbons (Fsp3) is 0.467. The molecular weight excluding hydrogens is 288 g/mol. The van der Waals surface area contributed by atoms with Gasteiger partial charge in [-0.3, -0.25) is 0 Å². The molecule has 0 fully saturated rings. The maximum absolute atomic E-state index is 6.07. The molecule has 98 valence electrons. The summed E-state index contributed by atoms with van der Waals surface area (Å²) < 4.78 is 3.43. The lowest BCUT2D eigenvalue weighted by atomic mass is 9.97. The maximum atomic E-state index is 6.07. The minimum atomic E-state index is 0.0647. The summed E-state index contributed by atoms with van der Waals surface area (Å²) in [7, 11) is 0. The van der Waals surface area contributed by atoms with Gasteiger partial charge < -0.3 is 10.3 Å². The molecule has 2 N–H and O–H groups in total.